The van der Waals surface area contributed by atoms with Gasteiger partial charge < -0.3 is 23.8 Å². The molecule has 2 heterocycles. The van der Waals surface area contributed by atoms with Crippen LogP contribution in [-0.4, -0.2) is 78.6 Å². The number of nitrogens with zero attached hydrogens (tertiary/aromatic N) is 3. The number of ether oxygens (including phenoxy) is 4. The van der Waals surface area contributed by atoms with Crippen LogP contribution in [0.3, 0.4) is 0 Å². The van der Waals surface area contributed by atoms with Crippen molar-refractivity contribution >= 4 is 22.7 Å². The minimum absolute atomic E-state index is 0.119. The van der Waals surface area contributed by atoms with Crippen molar-refractivity contribution in [3.8, 4) is 17.2 Å². The van der Waals surface area contributed by atoms with E-state index >= 15 is 0 Å². The summed E-state index contributed by atoms with van der Waals surface area (Å²) in [5.41, 5.74) is 2.24. The largest absolute Gasteiger partial charge is 0.493 e. The molecule has 1 amide bonds. The summed E-state index contributed by atoms with van der Waals surface area (Å²) in [5.74, 6) is 0.807. The van der Waals surface area contributed by atoms with Gasteiger partial charge in [-0.1, -0.05) is 0 Å². The average Bonchev–Trinajstić information content (AvgIpc) is 3.29. The van der Waals surface area contributed by atoms with Crippen LogP contribution in [0.2, 0.25) is 0 Å². The van der Waals surface area contributed by atoms with Crippen molar-refractivity contribution < 1.29 is 28.5 Å². The maximum absolute atomic E-state index is 13.0. The number of Topliss-reactive ketones (excluding diaryl/α,β-unsaturated/α-hetero) is 1. The van der Waals surface area contributed by atoms with Gasteiger partial charge in [0, 0.05) is 12.1 Å². The zero-order chi connectivity index (χ0) is 22.7. The molecule has 10 nitrogen and oxygen atoms in total. The molecule has 0 saturated carbocycles. The van der Waals surface area contributed by atoms with Crippen molar-refractivity contribution in [3.63, 3.8) is 0 Å². The quantitative estimate of drug-likeness (QED) is 0.556. The highest BCUT2D eigenvalue weighted by molar-refractivity contribution is 5.98. The van der Waals surface area contributed by atoms with E-state index in [9.17, 15) is 9.59 Å². The summed E-state index contributed by atoms with van der Waals surface area (Å²) in [7, 11) is 3.00. The number of fused-ring (bicyclic) bond motifs is 1. The van der Waals surface area contributed by atoms with Crippen molar-refractivity contribution in [2.45, 2.75) is 13.0 Å². The molecule has 1 N–H and O–H groups in total. The van der Waals surface area contributed by atoms with E-state index in [4.69, 9.17) is 18.9 Å². The maximum Gasteiger partial charge on any atom is 0.254 e. The number of hydrogen-bond acceptors (Lipinski definition) is 8. The molecule has 3 aromatic rings. The Balaban J connectivity index is 1.48. The van der Waals surface area contributed by atoms with Gasteiger partial charge in [-0.2, -0.15) is 15.4 Å². The monoisotopic (exact) mass is 440 g/mol. The molecular weight excluding hydrogens is 416 g/mol. The van der Waals surface area contributed by atoms with Gasteiger partial charge in [-0.15, -0.1) is 0 Å². The fourth-order valence-electron chi connectivity index (χ4n) is 3.66. The Bertz CT molecular complexity index is 1140. The van der Waals surface area contributed by atoms with Crippen molar-refractivity contribution in [2.75, 3.05) is 40.5 Å². The van der Waals surface area contributed by atoms with Crippen LogP contribution < -0.4 is 14.2 Å². The second kappa shape index (κ2) is 9.23. The summed E-state index contributed by atoms with van der Waals surface area (Å²) in [6.45, 7) is 2.78. The van der Waals surface area contributed by atoms with Gasteiger partial charge in [-0.05, 0) is 37.3 Å². The van der Waals surface area contributed by atoms with E-state index in [0.29, 0.717) is 59.1 Å². The number of benzene rings is 2. The first-order valence-corrected chi connectivity index (χ1v) is 10.1. The second-order valence-corrected chi connectivity index (χ2v) is 7.32. The molecule has 1 saturated heterocycles. The average molecular weight is 440 g/mol. The van der Waals surface area contributed by atoms with Crippen LogP contribution in [-0.2, 0) is 4.74 Å². The number of hydrogen-bond donors (Lipinski definition) is 1. The molecule has 32 heavy (non-hydrogen) atoms. The van der Waals surface area contributed by atoms with Gasteiger partial charge in [0.25, 0.3) is 5.91 Å². The molecule has 1 aromatic heterocycles. The van der Waals surface area contributed by atoms with Crippen molar-refractivity contribution in [1.82, 2.24) is 20.3 Å². The zero-order valence-electron chi connectivity index (χ0n) is 18.1. The summed E-state index contributed by atoms with van der Waals surface area (Å²) in [4.78, 5) is 26.8. The highest BCUT2D eigenvalue weighted by atomic mass is 16.6. The molecule has 0 bridgehead atoms. The molecule has 1 atom stereocenters. The molecule has 168 valence electrons. The third-order valence-corrected chi connectivity index (χ3v) is 5.28. The Morgan fingerprint density at radius 1 is 1.12 bits per heavy atom. The van der Waals surface area contributed by atoms with Gasteiger partial charge in [-0.25, -0.2) is 0 Å². The number of amides is 1. The minimum Gasteiger partial charge on any atom is -0.493 e. The van der Waals surface area contributed by atoms with Gasteiger partial charge in [0.2, 0.25) is 5.75 Å². The van der Waals surface area contributed by atoms with Crippen molar-refractivity contribution in [1.29, 1.82) is 0 Å². The number of carbonyl (C=O) groups is 2. The van der Waals surface area contributed by atoms with Crippen LogP contribution in [0.1, 0.15) is 27.6 Å². The first-order chi connectivity index (χ1) is 15.5. The molecule has 4 rings (SSSR count). The Hall–Kier alpha value is -3.66. The molecule has 0 spiro atoms. The Morgan fingerprint density at radius 3 is 2.69 bits per heavy atom. The van der Waals surface area contributed by atoms with Crippen molar-refractivity contribution in [2.24, 2.45) is 0 Å². The molecule has 2 aromatic carbocycles. The lowest BCUT2D eigenvalue weighted by atomic mass is 10.1. The fourth-order valence-corrected chi connectivity index (χ4v) is 3.66. The molecule has 1 aliphatic rings. The van der Waals surface area contributed by atoms with Crippen LogP contribution in [0.15, 0.2) is 30.3 Å². The number of aromatic amines is 1. The predicted octanol–water partition coefficient (Wildman–Crippen LogP) is 2.10. The Morgan fingerprint density at radius 2 is 1.94 bits per heavy atom. The lowest BCUT2D eigenvalue weighted by Gasteiger charge is -2.33. The molecule has 1 aliphatic heterocycles. The van der Waals surface area contributed by atoms with E-state index in [-0.39, 0.29) is 24.4 Å². The van der Waals surface area contributed by atoms with E-state index in [1.54, 1.807) is 35.2 Å². The van der Waals surface area contributed by atoms with Gasteiger partial charge in [0.1, 0.15) is 23.7 Å². The number of ketones is 1. The topological polar surface area (TPSA) is 116 Å². The third kappa shape index (κ3) is 4.22. The van der Waals surface area contributed by atoms with E-state index in [0.717, 1.165) is 0 Å². The van der Waals surface area contributed by atoms with Crippen LogP contribution in [0, 0.1) is 0 Å². The van der Waals surface area contributed by atoms with Crippen LogP contribution >= 0.6 is 0 Å². The minimum atomic E-state index is -0.376. The van der Waals surface area contributed by atoms with Gasteiger partial charge in [0.15, 0.2) is 17.3 Å². The van der Waals surface area contributed by atoms with Crippen molar-refractivity contribution in [3.05, 3.63) is 41.5 Å². The first-order valence-electron chi connectivity index (χ1n) is 10.1. The van der Waals surface area contributed by atoms with E-state index in [2.05, 4.69) is 15.4 Å². The fraction of sp³-hybridized carbons (Fsp3) is 0.364. The number of aromatic nitrogens is 3. The number of methoxy groups -OCH3 is 2. The third-order valence-electron chi connectivity index (χ3n) is 5.28. The van der Waals surface area contributed by atoms with Gasteiger partial charge in [-0.3, -0.25) is 9.59 Å². The number of carbonyl (C=O) groups excluding carboxylic acids is 2. The summed E-state index contributed by atoms with van der Waals surface area (Å²) in [5, 5.41) is 10.6. The van der Waals surface area contributed by atoms with E-state index in [1.807, 2.05) is 0 Å². The summed E-state index contributed by atoms with van der Waals surface area (Å²) < 4.78 is 22.5. The summed E-state index contributed by atoms with van der Waals surface area (Å²) in [6, 6.07) is 8.49. The Kier molecular flexibility index (Phi) is 6.22. The Labute approximate surface area is 184 Å². The first kappa shape index (κ1) is 21.6. The molecule has 1 fully saturated rings. The lowest BCUT2D eigenvalue weighted by Crippen LogP contribution is -2.47. The maximum atomic E-state index is 13.0. The van der Waals surface area contributed by atoms with Gasteiger partial charge in [0.05, 0.1) is 32.9 Å². The molecular formula is C22H24N4O6. The highest BCUT2D eigenvalue weighted by Gasteiger charge is 2.27. The zero-order valence-corrected chi connectivity index (χ0v) is 18.1. The number of morpholine rings is 1. The van der Waals surface area contributed by atoms with Crippen LogP contribution in [0.5, 0.6) is 17.2 Å². The summed E-state index contributed by atoms with van der Waals surface area (Å²) >= 11 is 0. The van der Waals surface area contributed by atoms with Crippen LogP contribution in [0.4, 0.5) is 0 Å². The molecule has 0 radical (unpaired) electrons. The van der Waals surface area contributed by atoms with Crippen LogP contribution in [0.25, 0.3) is 11.0 Å². The lowest BCUT2D eigenvalue weighted by molar-refractivity contribution is -0.0404. The number of nitrogens with one attached hydrogen (secondary N) is 1. The summed E-state index contributed by atoms with van der Waals surface area (Å²) in [6.07, 6.45) is -0.376. The van der Waals surface area contributed by atoms with Gasteiger partial charge >= 0.3 is 0 Å². The number of H-pyrrole nitrogens is 1. The second-order valence-electron chi connectivity index (χ2n) is 7.32. The highest BCUT2D eigenvalue weighted by Crippen LogP contribution is 2.40. The molecule has 10 heteroatoms. The van der Waals surface area contributed by atoms with E-state index < -0.39 is 0 Å². The standard InChI is InChI=1S/C22H24N4O6/c1-13(27)16-5-7-19(29-2)21(30-3)20(16)32-12-15-11-26(8-9-31-15)22(28)14-4-6-17-18(10-14)24-25-23-17/h4-7,10,15H,8-9,11-12H2,1-3H3,(H,23,24,25). The molecule has 1 unspecified atom stereocenters. The van der Waals surface area contributed by atoms with E-state index in [1.165, 1.54) is 21.1 Å². The smallest absolute Gasteiger partial charge is 0.254 e. The SMILES string of the molecule is COc1ccc(C(C)=O)c(OCC2CN(C(=O)c3ccc4n[nH]nc4c3)CCO2)c1OC. The normalized spacial score (nSPS) is 16.1. The number of rotatable bonds is 7. The predicted molar refractivity (Wildman–Crippen MR) is 115 cm³/mol. The molecule has 0 aliphatic carbocycles.